The molecule has 0 aliphatic carbocycles. The van der Waals surface area contributed by atoms with Crippen molar-refractivity contribution in [3.63, 3.8) is 0 Å². The highest BCUT2D eigenvalue weighted by molar-refractivity contribution is 7.80. The van der Waals surface area contributed by atoms with E-state index < -0.39 is 17.2 Å². The monoisotopic (exact) mass is 202 g/mol. The van der Waals surface area contributed by atoms with E-state index in [-0.39, 0.29) is 11.5 Å². The Balaban J connectivity index is 2.81. The molecule has 1 rings (SSSR count). The summed E-state index contributed by atoms with van der Waals surface area (Å²) in [4.78, 5) is 17.2. The van der Waals surface area contributed by atoms with E-state index in [9.17, 15) is 13.6 Å². The fraction of sp³-hybridized carbons (Fsp3) is 0. The van der Waals surface area contributed by atoms with Crippen LogP contribution < -0.4 is 4.72 Å². The molecule has 70 valence electrons. The van der Waals surface area contributed by atoms with Crippen LogP contribution >= 0.6 is 0 Å². The number of hydrogen-bond acceptors (Lipinski definition) is 5. The highest BCUT2D eigenvalue weighted by atomic mass is 32.2. The van der Waals surface area contributed by atoms with Crippen LogP contribution in [0.5, 0.6) is 0 Å². The Hall–Kier alpha value is -1.54. The first kappa shape index (κ1) is 9.55. The normalized spacial score (nSPS) is 12.1. The van der Waals surface area contributed by atoms with Gasteiger partial charge in [-0.2, -0.15) is 0 Å². The van der Waals surface area contributed by atoms with E-state index in [1.807, 2.05) is 4.72 Å². The highest BCUT2D eigenvalue weighted by Crippen LogP contribution is 1.99. The minimum absolute atomic E-state index is 0.109. The summed E-state index contributed by atoms with van der Waals surface area (Å²) < 4.78 is 22.0. The Kier molecular flexibility index (Phi) is 2.88. The lowest BCUT2D eigenvalue weighted by Crippen LogP contribution is -2.07. The number of hydrogen-bond donors (Lipinski definition) is 2. The molecule has 0 radical (unpaired) electrons. The number of aromatic nitrogens is 2. The smallest absolute Gasteiger partial charge is 0.338 e. The zero-order chi connectivity index (χ0) is 9.84. The second-order valence-corrected chi connectivity index (χ2v) is 2.61. The van der Waals surface area contributed by atoms with Crippen LogP contribution in [0.15, 0.2) is 12.4 Å². The van der Waals surface area contributed by atoms with E-state index in [0.29, 0.717) is 0 Å². The number of nitrogens with zero attached hydrogens (tertiary/aromatic N) is 2. The average molecular weight is 202 g/mol. The van der Waals surface area contributed by atoms with Crippen LogP contribution in [0.3, 0.4) is 0 Å². The van der Waals surface area contributed by atoms with Crippen LogP contribution in [0.1, 0.15) is 10.4 Å². The lowest BCUT2D eigenvalue weighted by atomic mass is 10.4. The van der Waals surface area contributed by atoms with Gasteiger partial charge in [-0.1, -0.05) is 0 Å². The maximum absolute atomic E-state index is 10.3. The summed E-state index contributed by atoms with van der Waals surface area (Å²) in [7, 11) is 0. The van der Waals surface area contributed by atoms with Crippen molar-refractivity contribution in [3.8, 4) is 0 Å². The van der Waals surface area contributed by atoms with Gasteiger partial charge >= 0.3 is 5.97 Å². The van der Waals surface area contributed by atoms with Gasteiger partial charge in [0.15, 0.2) is 0 Å². The van der Waals surface area contributed by atoms with Gasteiger partial charge in [0.1, 0.15) is 0 Å². The lowest BCUT2D eigenvalue weighted by Gasteiger charge is -2.05. The van der Waals surface area contributed by atoms with Crippen LogP contribution in [-0.2, 0) is 11.3 Å². The molecule has 8 heteroatoms. The summed E-state index contributed by atoms with van der Waals surface area (Å²) in [6.45, 7) is 0. The molecule has 0 saturated carbocycles. The lowest BCUT2D eigenvalue weighted by molar-refractivity contribution is 0.0696. The second kappa shape index (κ2) is 3.92. The molecule has 0 spiro atoms. The molecule has 1 unspecified atom stereocenters. The summed E-state index contributed by atoms with van der Waals surface area (Å²) in [6.07, 6.45) is 2.01. The Morgan fingerprint density at radius 2 is 2.08 bits per heavy atom. The first-order valence-electron chi connectivity index (χ1n) is 3.01. The number of aromatic carboxylic acids is 1. The molecule has 1 heterocycles. The van der Waals surface area contributed by atoms with Gasteiger partial charge < -0.3 is 9.66 Å². The van der Waals surface area contributed by atoms with Crippen LogP contribution in [0.4, 0.5) is 5.95 Å². The van der Waals surface area contributed by atoms with E-state index in [1.165, 1.54) is 0 Å². The Morgan fingerprint density at radius 1 is 1.54 bits per heavy atom. The van der Waals surface area contributed by atoms with E-state index >= 15 is 0 Å². The number of nitrogens with one attached hydrogen (secondary N) is 1. The summed E-state index contributed by atoms with van der Waals surface area (Å²) in [5.74, 6) is -1.34. The quantitative estimate of drug-likeness (QED) is 0.631. The molecule has 1 aromatic rings. The van der Waals surface area contributed by atoms with Crippen LogP contribution in [-0.4, -0.2) is 29.8 Å². The fourth-order valence-electron chi connectivity index (χ4n) is 0.566. The van der Waals surface area contributed by atoms with E-state index in [2.05, 4.69) is 9.97 Å². The molecule has 7 nitrogen and oxygen atoms in total. The summed E-state index contributed by atoms with van der Waals surface area (Å²) in [5, 5.41) is 8.44. The van der Waals surface area contributed by atoms with Crippen molar-refractivity contribution < 1.29 is 18.7 Å². The zero-order valence-corrected chi connectivity index (χ0v) is 6.95. The van der Waals surface area contributed by atoms with E-state index in [1.54, 1.807) is 0 Å². The number of rotatable bonds is 3. The Morgan fingerprint density at radius 3 is 2.46 bits per heavy atom. The molecule has 13 heavy (non-hydrogen) atoms. The first-order chi connectivity index (χ1) is 6.09. The first-order valence-corrected chi connectivity index (χ1v) is 4.08. The van der Waals surface area contributed by atoms with Gasteiger partial charge in [-0.15, -0.1) is 0 Å². The molecule has 1 atom stereocenters. The molecule has 0 bridgehead atoms. The Labute approximate surface area is 75.3 Å². The van der Waals surface area contributed by atoms with Gasteiger partial charge in [-0.25, -0.2) is 14.8 Å². The molecule has 2 N–H and O–H groups in total. The maximum Gasteiger partial charge on any atom is 0.338 e. The average Bonchev–Trinajstić information content (AvgIpc) is 2.04. The predicted molar refractivity (Wildman–Crippen MR) is 41.5 cm³/mol. The second-order valence-electron chi connectivity index (χ2n) is 1.94. The number of carboxylic acids is 1. The van der Waals surface area contributed by atoms with Crippen LogP contribution in [0.2, 0.25) is 0 Å². The van der Waals surface area contributed by atoms with Gasteiger partial charge in [-0.05, 0) is 0 Å². The number of carbonyl (C=O) groups is 1. The van der Waals surface area contributed by atoms with Crippen molar-refractivity contribution in [2.75, 3.05) is 4.72 Å². The third-order valence-corrected chi connectivity index (χ3v) is 1.42. The van der Waals surface area contributed by atoms with Gasteiger partial charge in [0.2, 0.25) is 5.95 Å². The summed E-state index contributed by atoms with van der Waals surface area (Å²) in [5.41, 5.74) is -0.109. The summed E-state index contributed by atoms with van der Waals surface area (Å²) in [6, 6.07) is 0. The SMILES string of the molecule is O=C(O)c1cnc(NS(=O)[O-])nc1. The molecule has 0 amide bonds. The molecule has 0 aromatic carbocycles. The van der Waals surface area contributed by atoms with Gasteiger partial charge in [0.05, 0.1) is 5.56 Å². The molecular formula is C5H4N3O4S-. The van der Waals surface area contributed by atoms with E-state index in [4.69, 9.17) is 5.11 Å². The Bertz CT molecular complexity index is 338. The van der Waals surface area contributed by atoms with Crippen molar-refractivity contribution in [1.82, 2.24) is 9.97 Å². The molecular weight excluding hydrogens is 198 g/mol. The van der Waals surface area contributed by atoms with Crippen molar-refractivity contribution >= 4 is 23.2 Å². The predicted octanol–water partition coefficient (Wildman–Crippen LogP) is -0.619. The molecule has 0 aliphatic rings. The summed E-state index contributed by atoms with van der Waals surface area (Å²) >= 11 is -2.51. The van der Waals surface area contributed by atoms with Gasteiger partial charge in [0.25, 0.3) is 0 Å². The maximum atomic E-state index is 10.3. The largest absolute Gasteiger partial charge is 0.755 e. The van der Waals surface area contributed by atoms with Crippen LogP contribution in [0, 0.1) is 0 Å². The van der Waals surface area contributed by atoms with Crippen LogP contribution in [0.25, 0.3) is 0 Å². The van der Waals surface area contributed by atoms with E-state index in [0.717, 1.165) is 12.4 Å². The van der Waals surface area contributed by atoms with Crippen molar-refractivity contribution in [2.45, 2.75) is 0 Å². The number of anilines is 1. The third kappa shape index (κ3) is 2.76. The molecule has 0 saturated heterocycles. The standard InChI is InChI=1S/C5H5N3O4S/c9-4(10)3-1-6-5(7-2-3)8-13(11)12/h1-2H,(H,9,10)(H,11,12)(H,6,7,8)/p-1. The van der Waals surface area contributed by atoms with Gasteiger partial charge in [-0.3, -0.25) is 8.93 Å². The minimum atomic E-state index is -2.51. The fourth-order valence-corrected chi connectivity index (χ4v) is 0.820. The van der Waals surface area contributed by atoms with Crippen molar-refractivity contribution in [2.24, 2.45) is 0 Å². The topological polar surface area (TPSA) is 115 Å². The highest BCUT2D eigenvalue weighted by Gasteiger charge is 2.03. The molecule has 0 aliphatic heterocycles. The minimum Gasteiger partial charge on any atom is -0.755 e. The molecule has 1 aromatic heterocycles. The molecule has 0 fully saturated rings. The van der Waals surface area contributed by atoms with Crippen molar-refractivity contribution in [1.29, 1.82) is 0 Å². The number of carboxylic acid groups (broad SMARTS) is 1. The zero-order valence-electron chi connectivity index (χ0n) is 6.13. The van der Waals surface area contributed by atoms with Crippen molar-refractivity contribution in [3.05, 3.63) is 18.0 Å². The van der Waals surface area contributed by atoms with Gasteiger partial charge in [0, 0.05) is 23.7 Å². The third-order valence-electron chi connectivity index (χ3n) is 1.07.